The molecule has 0 nitrogen and oxygen atoms in total. The molecule has 0 heterocycles. The van der Waals surface area contributed by atoms with Crippen molar-refractivity contribution in [2.45, 2.75) is 39.5 Å². The van der Waals surface area contributed by atoms with Crippen molar-refractivity contribution in [3.05, 3.63) is 132 Å². The van der Waals surface area contributed by atoms with Gasteiger partial charge in [0.25, 0.3) is 0 Å². The zero-order valence-corrected chi connectivity index (χ0v) is 27.7. The van der Waals surface area contributed by atoms with Gasteiger partial charge in [-0.1, -0.05) is 131 Å². The Bertz CT molecular complexity index is 2930. The Labute approximate surface area is 280 Å². The van der Waals surface area contributed by atoms with Gasteiger partial charge in [-0.05, 0) is 150 Å². The molecule has 0 saturated carbocycles. The molecule has 0 heteroatoms. The van der Waals surface area contributed by atoms with Gasteiger partial charge in [0.15, 0.2) is 0 Å². The van der Waals surface area contributed by atoms with E-state index in [1.807, 2.05) is 0 Å². The second-order valence-corrected chi connectivity index (χ2v) is 14.7. The fourth-order valence-electron chi connectivity index (χ4n) is 9.77. The van der Waals surface area contributed by atoms with Crippen LogP contribution in [0.4, 0.5) is 0 Å². The van der Waals surface area contributed by atoms with Gasteiger partial charge in [0.2, 0.25) is 0 Å². The van der Waals surface area contributed by atoms with E-state index >= 15 is 0 Å². The largest absolute Gasteiger partial charge is 0.0616 e. The van der Waals surface area contributed by atoms with Crippen LogP contribution in [0, 0.1) is 0 Å². The Balaban J connectivity index is 1.30. The zero-order valence-electron chi connectivity index (χ0n) is 27.7. The summed E-state index contributed by atoms with van der Waals surface area (Å²) in [5.74, 6) is 0.730. The van der Waals surface area contributed by atoms with Crippen LogP contribution in [-0.2, 0) is 0 Å². The van der Waals surface area contributed by atoms with Crippen molar-refractivity contribution < 1.29 is 0 Å². The van der Waals surface area contributed by atoms with E-state index in [2.05, 4.69) is 149 Å². The number of hydrogen-bond donors (Lipinski definition) is 0. The van der Waals surface area contributed by atoms with Crippen molar-refractivity contribution in [3.63, 3.8) is 0 Å². The van der Waals surface area contributed by atoms with E-state index in [9.17, 15) is 0 Å². The minimum absolute atomic E-state index is 0.356. The lowest BCUT2D eigenvalue weighted by Gasteiger charge is -2.25. The molecule has 0 bridgehead atoms. The molecular weight excluding hydrogens is 577 g/mol. The van der Waals surface area contributed by atoms with Crippen molar-refractivity contribution in [1.82, 2.24) is 0 Å². The van der Waals surface area contributed by atoms with E-state index in [1.165, 1.54) is 120 Å². The summed E-state index contributed by atoms with van der Waals surface area (Å²) in [5.41, 5.74) is 14.1. The van der Waals surface area contributed by atoms with Crippen LogP contribution in [0.1, 0.15) is 50.7 Å². The Kier molecular flexibility index (Phi) is 5.05. The molecule has 9 aromatic carbocycles. The molecule has 2 aliphatic rings. The van der Waals surface area contributed by atoms with Crippen LogP contribution in [0.25, 0.3) is 109 Å². The van der Waals surface area contributed by atoms with Gasteiger partial charge in [-0.25, -0.2) is 0 Å². The van der Waals surface area contributed by atoms with Gasteiger partial charge in [0, 0.05) is 0 Å². The fourth-order valence-corrected chi connectivity index (χ4v) is 9.77. The summed E-state index contributed by atoms with van der Waals surface area (Å²) in [5, 5.41) is 16.4. The SMILES string of the molecule is CC(C)c1c2c(c(C(C)C)c3c1ccc1c4cc5c(cc4ccc13)-c1cccc3cccc-5c13)-c1cccc3c1c-2cc1ccccc13. The third-order valence-electron chi connectivity index (χ3n) is 11.6. The summed E-state index contributed by atoms with van der Waals surface area (Å²) in [6, 6.07) is 46.5. The normalized spacial score (nSPS) is 13.0. The summed E-state index contributed by atoms with van der Waals surface area (Å²) in [6.07, 6.45) is 0. The van der Waals surface area contributed by atoms with Gasteiger partial charge < -0.3 is 0 Å². The van der Waals surface area contributed by atoms with Gasteiger partial charge in [0.05, 0.1) is 0 Å². The maximum atomic E-state index is 2.49. The van der Waals surface area contributed by atoms with Gasteiger partial charge in [-0.15, -0.1) is 0 Å². The van der Waals surface area contributed by atoms with E-state index in [0.29, 0.717) is 11.8 Å². The van der Waals surface area contributed by atoms with E-state index < -0.39 is 0 Å². The number of hydrogen-bond acceptors (Lipinski definition) is 0. The summed E-state index contributed by atoms with van der Waals surface area (Å²) in [4.78, 5) is 0. The molecule has 0 radical (unpaired) electrons. The third-order valence-corrected chi connectivity index (χ3v) is 11.6. The first kappa shape index (κ1) is 26.6. The summed E-state index contributed by atoms with van der Waals surface area (Å²) < 4.78 is 0. The minimum atomic E-state index is 0.356. The Morgan fingerprint density at radius 1 is 0.312 bits per heavy atom. The second kappa shape index (κ2) is 9.12. The topological polar surface area (TPSA) is 0 Å². The number of benzene rings is 9. The zero-order chi connectivity index (χ0) is 32.0. The molecule has 0 unspecified atom stereocenters. The lowest BCUT2D eigenvalue weighted by molar-refractivity contribution is 0.865. The molecule has 11 rings (SSSR count). The molecule has 0 amide bonds. The number of fused-ring (bicyclic) bond motifs is 13. The molecule has 0 spiro atoms. The summed E-state index contributed by atoms with van der Waals surface area (Å²) in [7, 11) is 0. The van der Waals surface area contributed by atoms with E-state index in [4.69, 9.17) is 0 Å². The van der Waals surface area contributed by atoms with E-state index in [0.717, 1.165) is 0 Å². The smallest absolute Gasteiger partial charge is 0.00197 e. The molecule has 0 saturated heterocycles. The first-order chi connectivity index (χ1) is 23.5. The van der Waals surface area contributed by atoms with Crippen molar-refractivity contribution in [1.29, 1.82) is 0 Å². The molecule has 226 valence electrons. The van der Waals surface area contributed by atoms with Gasteiger partial charge in [-0.2, -0.15) is 0 Å². The Hall–Kier alpha value is -5.46. The van der Waals surface area contributed by atoms with E-state index in [1.54, 1.807) is 0 Å². The highest BCUT2D eigenvalue weighted by molar-refractivity contribution is 6.29. The van der Waals surface area contributed by atoms with Crippen LogP contribution in [0.2, 0.25) is 0 Å². The standard InChI is InChI=1S/C48H34/c1-25(2)42-37-21-20-31-35(19-18-29-22-39-33-14-7-11-27-12-8-15-34(44(27)33)40(39)24-38(29)31)46(37)43(26(3)4)47-36-17-9-16-32-30-13-6-5-10-28(30)23-41(45(32)36)48(42)47/h5-26H,1-4H3. The molecule has 9 aromatic rings. The van der Waals surface area contributed by atoms with Crippen LogP contribution in [0.5, 0.6) is 0 Å². The highest BCUT2D eigenvalue weighted by Crippen LogP contribution is 2.58. The summed E-state index contributed by atoms with van der Waals surface area (Å²) >= 11 is 0. The minimum Gasteiger partial charge on any atom is -0.0616 e. The van der Waals surface area contributed by atoms with Crippen molar-refractivity contribution in [2.75, 3.05) is 0 Å². The highest BCUT2D eigenvalue weighted by atomic mass is 14.4. The van der Waals surface area contributed by atoms with Gasteiger partial charge in [-0.3, -0.25) is 0 Å². The Morgan fingerprint density at radius 2 is 0.875 bits per heavy atom. The van der Waals surface area contributed by atoms with E-state index in [-0.39, 0.29) is 0 Å². The molecule has 48 heavy (non-hydrogen) atoms. The fraction of sp³-hybridized carbons (Fsp3) is 0.125. The Morgan fingerprint density at radius 3 is 1.67 bits per heavy atom. The lowest BCUT2D eigenvalue weighted by atomic mass is 9.78. The van der Waals surface area contributed by atoms with Crippen molar-refractivity contribution in [3.8, 4) is 44.5 Å². The predicted octanol–water partition coefficient (Wildman–Crippen LogP) is 14.1. The average molecular weight is 611 g/mol. The molecule has 0 fully saturated rings. The lowest BCUT2D eigenvalue weighted by Crippen LogP contribution is -2.02. The third kappa shape index (κ3) is 3.16. The van der Waals surface area contributed by atoms with Crippen LogP contribution in [-0.4, -0.2) is 0 Å². The van der Waals surface area contributed by atoms with Gasteiger partial charge in [0.1, 0.15) is 0 Å². The second-order valence-electron chi connectivity index (χ2n) is 14.7. The molecule has 0 aliphatic heterocycles. The molecular formula is C48H34. The summed E-state index contributed by atoms with van der Waals surface area (Å²) in [6.45, 7) is 9.57. The maximum Gasteiger partial charge on any atom is -0.00197 e. The maximum absolute atomic E-state index is 2.49. The van der Waals surface area contributed by atoms with Crippen LogP contribution in [0.3, 0.4) is 0 Å². The van der Waals surface area contributed by atoms with Crippen molar-refractivity contribution in [2.24, 2.45) is 0 Å². The van der Waals surface area contributed by atoms with Gasteiger partial charge >= 0.3 is 0 Å². The predicted molar refractivity (Wildman–Crippen MR) is 209 cm³/mol. The molecule has 0 aromatic heterocycles. The average Bonchev–Trinajstić information content (AvgIpc) is 3.60. The molecule has 0 N–H and O–H groups in total. The quantitative estimate of drug-likeness (QED) is 0.171. The number of rotatable bonds is 2. The van der Waals surface area contributed by atoms with Crippen molar-refractivity contribution >= 4 is 64.6 Å². The monoisotopic (exact) mass is 610 g/mol. The van der Waals surface area contributed by atoms with Crippen LogP contribution < -0.4 is 0 Å². The van der Waals surface area contributed by atoms with Crippen LogP contribution in [0.15, 0.2) is 121 Å². The highest BCUT2D eigenvalue weighted by Gasteiger charge is 2.32. The molecule has 2 aliphatic carbocycles. The first-order valence-corrected chi connectivity index (χ1v) is 17.5. The van der Waals surface area contributed by atoms with Crippen LogP contribution >= 0.6 is 0 Å². The molecule has 0 atom stereocenters. The first-order valence-electron chi connectivity index (χ1n) is 17.5.